The van der Waals surface area contributed by atoms with Gasteiger partial charge in [0.1, 0.15) is 0 Å². The highest BCUT2D eigenvalue weighted by Crippen LogP contribution is 2.41. The SMILES string of the molecule is Cc1ccc(S(=O)(=O)C(C)c2cc(-c3c4ccc([nH]4)c(-c4ccccc4)c4nc(c(-c5ccccc5)c5nc(c(-c6ccccc6)c6ccc3[nH]6)C=C5)C=C4)ccc2[N+](=O)[O-])cc1. The number of fused-ring (bicyclic) bond motifs is 8. The maximum absolute atomic E-state index is 14.2. The van der Waals surface area contributed by atoms with E-state index < -0.39 is 20.0 Å². The topological polar surface area (TPSA) is 135 Å². The van der Waals surface area contributed by atoms with Crippen molar-refractivity contribution in [3.8, 4) is 44.5 Å². The van der Waals surface area contributed by atoms with Crippen LogP contribution in [0.1, 0.15) is 46.1 Å². The summed E-state index contributed by atoms with van der Waals surface area (Å²) in [7, 11) is -4.03. The van der Waals surface area contributed by atoms with E-state index in [1.54, 1.807) is 36.4 Å². The monoisotopic (exact) mass is 841 g/mol. The Morgan fingerprint density at radius 2 is 0.921 bits per heavy atom. The van der Waals surface area contributed by atoms with E-state index >= 15 is 0 Å². The van der Waals surface area contributed by atoms with Gasteiger partial charge in [0.05, 0.1) is 37.8 Å². The Kier molecular flexibility index (Phi) is 9.85. The Balaban J connectivity index is 1.32. The van der Waals surface area contributed by atoms with Crippen LogP contribution in [0.4, 0.5) is 5.69 Å². The summed E-state index contributed by atoms with van der Waals surface area (Å²) in [6.07, 6.45) is 8.14. The molecule has 0 amide bonds. The third-order valence-electron chi connectivity index (χ3n) is 11.7. The number of nitrogens with zero attached hydrogens (tertiary/aromatic N) is 3. The zero-order chi connectivity index (χ0) is 43.2. The Labute approximate surface area is 363 Å². The van der Waals surface area contributed by atoms with Crippen molar-refractivity contribution in [2.75, 3.05) is 0 Å². The molecule has 63 heavy (non-hydrogen) atoms. The lowest BCUT2D eigenvalue weighted by Crippen LogP contribution is -2.12. The predicted molar refractivity (Wildman–Crippen MR) is 254 cm³/mol. The van der Waals surface area contributed by atoms with Crippen molar-refractivity contribution in [1.82, 2.24) is 19.9 Å². The Morgan fingerprint density at radius 1 is 0.508 bits per heavy atom. The first-order valence-corrected chi connectivity index (χ1v) is 22.1. The van der Waals surface area contributed by atoms with E-state index in [-0.39, 0.29) is 16.1 Å². The molecular weight excluding hydrogens is 803 g/mol. The number of sulfone groups is 1. The number of aryl methyl sites for hydroxylation is 1. The lowest BCUT2D eigenvalue weighted by molar-refractivity contribution is -0.385. The third kappa shape index (κ3) is 7.16. The van der Waals surface area contributed by atoms with Crippen molar-refractivity contribution in [3.05, 3.63) is 202 Å². The summed E-state index contributed by atoms with van der Waals surface area (Å²) in [5.74, 6) is 0. The highest BCUT2D eigenvalue weighted by molar-refractivity contribution is 7.91. The van der Waals surface area contributed by atoms with E-state index in [1.807, 2.05) is 110 Å². The fourth-order valence-electron chi connectivity index (χ4n) is 8.54. The van der Waals surface area contributed by atoms with E-state index in [1.165, 1.54) is 13.0 Å². The van der Waals surface area contributed by atoms with E-state index in [0.29, 0.717) is 22.2 Å². The summed E-state index contributed by atoms with van der Waals surface area (Å²) in [4.78, 5) is 30.3. The van der Waals surface area contributed by atoms with Gasteiger partial charge in [0.15, 0.2) is 9.84 Å². The number of hydrogen-bond donors (Lipinski definition) is 2. The van der Waals surface area contributed by atoms with Crippen LogP contribution in [0.25, 0.3) is 90.9 Å². The average Bonchev–Trinajstić information content (AvgIpc) is 4.16. The van der Waals surface area contributed by atoms with Crippen LogP contribution in [0.2, 0.25) is 0 Å². The number of aromatic amines is 2. The van der Waals surface area contributed by atoms with Crippen molar-refractivity contribution in [2.45, 2.75) is 24.0 Å². The van der Waals surface area contributed by atoms with Gasteiger partial charge in [-0.3, -0.25) is 10.1 Å². The van der Waals surface area contributed by atoms with Crippen LogP contribution >= 0.6 is 0 Å². The predicted octanol–water partition coefficient (Wildman–Crippen LogP) is 13.1. The number of nitrogens with one attached hydrogen (secondary N) is 2. The molecule has 0 aliphatic carbocycles. The highest BCUT2D eigenvalue weighted by Gasteiger charge is 2.31. The molecule has 0 saturated carbocycles. The Bertz CT molecular complexity index is 3310. The molecule has 1 atom stereocenters. The summed E-state index contributed by atoms with van der Waals surface area (Å²) in [5.41, 5.74) is 13.5. The summed E-state index contributed by atoms with van der Waals surface area (Å²) in [6, 6.07) is 49.6. The first-order chi connectivity index (χ1) is 30.6. The first-order valence-electron chi connectivity index (χ1n) is 20.6. The largest absolute Gasteiger partial charge is 0.354 e. The lowest BCUT2D eigenvalue weighted by atomic mass is 10.00. The number of H-pyrrole nitrogens is 2. The summed E-state index contributed by atoms with van der Waals surface area (Å²) in [5, 5.41) is 11.4. The number of nitro benzene ring substituents is 1. The molecule has 0 radical (unpaired) electrons. The van der Waals surface area contributed by atoms with Gasteiger partial charge in [-0.15, -0.1) is 0 Å². The van der Waals surface area contributed by atoms with E-state index in [0.717, 1.165) is 72.8 Å². The van der Waals surface area contributed by atoms with Crippen LogP contribution in [0, 0.1) is 17.0 Å². The molecular formula is C53H39N5O4S. The maximum Gasteiger partial charge on any atom is 0.273 e. The van der Waals surface area contributed by atoms with Crippen molar-refractivity contribution >= 4 is 61.9 Å². The normalized spacial score (nSPS) is 12.7. The number of hydrogen-bond acceptors (Lipinski definition) is 6. The van der Waals surface area contributed by atoms with Gasteiger partial charge in [0, 0.05) is 56.0 Å². The molecule has 0 spiro atoms. The molecule has 10 heteroatoms. The van der Waals surface area contributed by atoms with Gasteiger partial charge in [-0.1, -0.05) is 109 Å². The van der Waals surface area contributed by atoms with Gasteiger partial charge in [-0.05, 0) is 109 Å². The molecule has 0 fully saturated rings. The van der Waals surface area contributed by atoms with Crippen molar-refractivity contribution in [3.63, 3.8) is 0 Å². The molecule has 8 bridgehead atoms. The van der Waals surface area contributed by atoms with Crippen LogP contribution in [0.5, 0.6) is 0 Å². The molecule has 5 aromatic carbocycles. The quantitative estimate of drug-likeness (QED) is 0.116. The minimum absolute atomic E-state index is 0.0804. The van der Waals surface area contributed by atoms with Crippen molar-refractivity contribution < 1.29 is 13.3 Å². The summed E-state index contributed by atoms with van der Waals surface area (Å²) < 4.78 is 28.3. The second-order valence-electron chi connectivity index (χ2n) is 15.6. The number of aromatic nitrogens is 4. The minimum Gasteiger partial charge on any atom is -0.354 e. The van der Waals surface area contributed by atoms with Gasteiger partial charge in [-0.2, -0.15) is 0 Å². The molecule has 2 N–H and O–H groups in total. The number of nitro groups is 1. The van der Waals surface area contributed by atoms with Crippen LogP contribution in [0.15, 0.2) is 163 Å². The second-order valence-corrected chi connectivity index (χ2v) is 17.9. The molecule has 306 valence electrons. The Hall–Kier alpha value is -7.95. The fraction of sp³-hybridized carbons (Fsp3) is 0.0566. The molecule has 2 aliphatic rings. The maximum atomic E-state index is 14.2. The minimum atomic E-state index is -4.03. The van der Waals surface area contributed by atoms with Crippen molar-refractivity contribution in [1.29, 1.82) is 0 Å². The molecule has 9 nitrogen and oxygen atoms in total. The molecule has 5 heterocycles. The number of rotatable bonds is 8. The zero-order valence-corrected chi connectivity index (χ0v) is 35.1. The molecule has 1 unspecified atom stereocenters. The standard InChI is InChI=1S/C53H39N5O4S/c1-33-18-21-39(22-19-33)63(61,62)34(2)40-32-38(20-31-49(40)58(59)60)53-47-29-27-45(56-47)51(36-14-8-4-9-15-36)43-25-23-41(54-43)50(35-12-6-3-7-13-35)42-24-26-44(55-42)52(37-16-10-5-11-17-37)46-28-30-48(53)57-46/h3-32,34,56-57H,1-2H3. The van der Waals surface area contributed by atoms with E-state index in [4.69, 9.17) is 9.97 Å². The molecule has 3 aromatic heterocycles. The van der Waals surface area contributed by atoms with Gasteiger partial charge in [-0.25, -0.2) is 18.4 Å². The molecule has 0 saturated heterocycles. The van der Waals surface area contributed by atoms with E-state index in [2.05, 4.69) is 46.4 Å². The second kappa shape index (κ2) is 15.8. The summed E-state index contributed by atoms with van der Waals surface area (Å²) in [6.45, 7) is 3.39. The molecule has 2 aliphatic heterocycles. The van der Waals surface area contributed by atoms with Crippen LogP contribution in [0.3, 0.4) is 0 Å². The van der Waals surface area contributed by atoms with Gasteiger partial charge < -0.3 is 9.97 Å². The van der Waals surface area contributed by atoms with Crippen LogP contribution in [-0.2, 0) is 9.84 Å². The van der Waals surface area contributed by atoms with Gasteiger partial charge >= 0.3 is 0 Å². The number of benzene rings is 5. The zero-order valence-electron chi connectivity index (χ0n) is 34.3. The smallest absolute Gasteiger partial charge is 0.273 e. The average molecular weight is 842 g/mol. The van der Waals surface area contributed by atoms with Gasteiger partial charge in [0.25, 0.3) is 5.69 Å². The Morgan fingerprint density at radius 3 is 1.37 bits per heavy atom. The lowest BCUT2D eigenvalue weighted by Gasteiger charge is -2.15. The van der Waals surface area contributed by atoms with E-state index in [9.17, 15) is 18.5 Å². The van der Waals surface area contributed by atoms with Crippen LogP contribution in [-0.4, -0.2) is 33.3 Å². The van der Waals surface area contributed by atoms with Crippen LogP contribution < -0.4 is 0 Å². The fourth-order valence-corrected chi connectivity index (χ4v) is 9.98. The molecule has 8 aromatic rings. The highest BCUT2D eigenvalue weighted by atomic mass is 32.2. The van der Waals surface area contributed by atoms with Gasteiger partial charge in [0.2, 0.25) is 0 Å². The summed E-state index contributed by atoms with van der Waals surface area (Å²) >= 11 is 0. The molecule has 10 rings (SSSR count). The third-order valence-corrected chi connectivity index (χ3v) is 13.8. The first kappa shape index (κ1) is 39.2. The van der Waals surface area contributed by atoms with Crippen molar-refractivity contribution in [2.24, 2.45) is 0 Å².